The second kappa shape index (κ2) is 7.31. The van der Waals surface area contributed by atoms with Crippen molar-refractivity contribution in [3.8, 4) is 0 Å². The third kappa shape index (κ3) is 3.83. The number of carbonyl (C=O) groups excluding carboxylic acids is 1. The maximum Gasteiger partial charge on any atom is 0.268 e. The van der Waals surface area contributed by atoms with Crippen molar-refractivity contribution in [2.75, 3.05) is 5.32 Å². The van der Waals surface area contributed by atoms with E-state index in [1.807, 2.05) is 19.3 Å². The molecule has 1 amide bonds. The van der Waals surface area contributed by atoms with E-state index in [0.29, 0.717) is 18.4 Å². The van der Waals surface area contributed by atoms with E-state index in [1.54, 1.807) is 0 Å². The van der Waals surface area contributed by atoms with Gasteiger partial charge in [0.1, 0.15) is 11.6 Å². The second-order valence-electron chi connectivity index (χ2n) is 5.13. The van der Waals surface area contributed by atoms with Gasteiger partial charge in [0.15, 0.2) is 0 Å². The Morgan fingerprint density at radius 2 is 1.67 bits per heavy atom. The van der Waals surface area contributed by atoms with Crippen LogP contribution in [0.15, 0.2) is 30.6 Å². The number of halogens is 2. The molecule has 3 rings (SSSR count). The van der Waals surface area contributed by atoms with Crippen molar-refractivity contribution < 1.29 is 13.6 Å². The molecule has 0 unspecified atom stereocenters. The Hall–Kier alpha value is -2.61. The average molecular weight is 335 g/mol. The SMILES string of the molecule is CC.NNC(=O)c1cnc(NC2(c3cc(F)cc(F)c3)CC2)nc1. The van der Waals surface area contributed by atoms with Crippen molar-refractivity contribution in [2.24, 2.45) is 5.84 Å². The molecule has 0 atom stereocenters. The molecule has 0 aliphatic heterocycles. The average Bonchev–Trinajstić information content (AvgIpc) is 3.37. The van der Waals surface area contributed by atoms with Crippen LogP contribution in [0.2, 0.25) is 0 Å². The van der Waals surface area contributed by atoms with Gasteiger partial charge in [0.05, 0.1) is 11.1 Å². The van der Waals surface area contributed by atoms with E-state index >= 15 is 0 Å². The Balaban J connectivity index is 0.00000100. The molecule has 1 aromatic carbocycles. The van der Waals surface area contributed by atoms with Crippen molar-refractivity contribution in [1.82, 2.24) is 15.4 Å². The summed E-state index contributed by atoms with van der Waals surface area (Å²) >= 11 is 0. The molecule has 1 heterocycles. The van der Waals surface area contributed by atoms with Crippen LogP contribution in [0.1, 0.15) is 42.6 Å². The van der Waals surface area contributed by atoms with Gasteiger partial charge in [-0.15, -0.1) is 0 Å². The van der Waals surface area contributed by atoms with Gasteiger partial charge in [-0.2, -0.15) is 0 Å². The van der Waals surface area contributed by atoms with Crippen LogP contribution in [0.3, 0.4) is 0 Å². The smallest absolute Gasteiger partial charge is 0.268 e. The summed E-state index contributed by atoms with van der Waals surface area (Å²) in [6, 6.07) is 3.41. The molecule has 0 saturated heterocycles. The van der Waals surface area contributed by atoms with Crippen LogP contribution in [0.25, 0.3) is 0 Å². The Kier molecular flexibility index (Phi) is 5.40. The highest BCUT2D eigenvalue weighted by Crippen LogP contribution is 2.48. The maximum absolute atomic E-state index is 13.4. The fraction of sp³-hybridized carbons (Fsp3) is 0.312. The first-order chi connectivity index (χ1) is 11.5. The molecule has 0 radical (unpaired) electrons. The highest BCUT2D eigenvalue weighted by molar-refractivity contribution is 5.93. The predicted molar refractivity (Wildman–Crippen MR) is 85.9 cm³/mol. The first-order valence-electron chi connectivity index (χ1n) is 7.60. The third-order valence-corrected chi connectivity index (χ3v) is 3.56. The number of nitrogens with one attached hydrogen (secondary N) is 2. The quantitative estimate of drug-likeness (QED) is 0.453. The van der Waals surface area contributed by atoms with Crippen molar-refractivity contribution in [3.63, 3.8) is 0 Å². The third-order valence-electron chi connectivity index (χ3n) is 3.56. The van der Waals surface area contributed by atoms with Gasteiger partial charge in [-0.3, -0.25) is 10.2 Å². The van der Waals surface area contributed by atoms with Crippen molar-refractivity contribution in [1.29, 1.82) is 0 Å². The fourth-order valence-corrected chi connectivity index (χ4v) is 2.25. The number of nitrogens with zero attached hydrogens (tertiary/aromatic N) is 2. The zero-order valence-corrected chi connectivity index (χ0v) is 13.4. The number of nitrogen functional groups attached to an aromatic ring is 1. The molecule has 8 heteroatoms. The standard InChI is InChI=1S/C14H13F2N5O.C2H6/c15-10-3-9(4-11(16)5-10)14(1-2-14)20-13-18-6-8(7-19-13)12(22)21-17;1-2/h3-7H,1-2,17H2,(H,21,22)(H,18,19,20);1-2H3. The molecule has 24 heavy (non-hydrogen) atoms. The molecule has 1 aliphatic rings. The van der Waals surface area contributed by atoms with E-state index in [2.05, 4.69) is 15.3 Å². The number of hydrogen-bond acceptors (Lipinski definition) is 5. The molecule has 6 nitrogen and oxygen atoms in total. The molecular formula is C16H19F2N5O. The first kappa shape index (κ1) is 17.7. The molecule has 0 bridgehead atoms. The molecular weight excluding hydrogens is 316 g/mol. The summed E-state index contributed by atoms with van der Waals surface area (Å²) in [5.41, 5.74) is 2.14. The lowest BCUT2D eigenvalue weighted by Gasteiger charge is -2.18. The first-order valence-corrected chi connectivity index (χ1v) is 7.60. The summed E-state index contributed by atoms with van der Waals surface area (Å²) in [5, 5.41) is 3.07. The lowest BCUT2D eigenvalue weighted by molar-refractivity contribution is 0.0953. The van der Waals surface area contributed by atoms with Gasteiger partial charge in [-0.25, -0.2) is 24.6 Å². The van der Waals surface area contributed by atoms with Crippen LogP contribution < -0.4 is 16.6 Å². The van der Waals surface area contributed by atoms with Crippen LogP contribution in [-0.2, 0) is 5.54 Å². The predicted octanol–water partition coefficient (Wildman–Crippen LogP) is 2.49. The topological polar surface area (TPSA) is 92.9 Å². The van der Waals surface area contributed by atoms with E-state index in [9.17, 15) is 13.6 Å². The second-order valence-corrected chi connectivity index (χ2v) is 5.13. The summed E-state index contributed by atoms with van der Waals surface area (Å²) in [5.74, 6) is 3.54. The Bertz CT molecular complexity index is 697. The van der Waals surface area contributed by atoms with Crippen LogP contribution >= 0.6 is 0 Å². The molecule has 1 aliphatic carbocycles. The zero-order chi connectivity index (χ0) is 17.7. The zero-order valence-electron chi connectivity index (χ0n) is 13.4. The Labute approximate surface area is 138 Å². The van der Waals surface area contributed by atoms with E-state index < -0.39 is 23.1 Å². The van der Waals surface area contributed by atoms with Crippen molar-refractivity contribution in [2.45, 2.75) is 32.2 Å². The molecule has 0 spiro atoms. The Morgan fingerprint density at radius 3 is 2.12 bits per heavy atom. The number of nitrogens with two attached hydrogens (primary N) is 1. The molecule has 1 fully saturated rings. The molecule has 1 saturated carbocycles. The Morgan fingerprint density at radius 1 is 1.12 bits per heavy atom. The van der Waals surface area contributed by atoms with E-state index in [0.717, 1.165) is 6.07 Å². The van der Waals surface area contributed by atoms with Gasteiger partial charge in [0, 0.05) is 18.5 Å². The van der Waals surface area contributed by atoms with Crippen molar-refractivity contribution >= 4 is 11.9 Å². The highest BCUT2D eigenvalue weighted by atomic mass is 19.1. The summed E-state index contributed by atoms with van der Waals surface area (Å²) in [6.45, 7) is 4.00. The molecule has 2 aromatic rings. The number of anilines is 1. The van der Waals surface area contributed by atoms with E-state index in [-0.39, 0.29) is 11.5 Å². The highest BCUT2D eigenvalue weighted by Gasteiger charge is 2.45. The molecule has 128 valence electrons. The lowest BCUT2D eigenvalue weighted by atomic mass is 10.0. The van der Waals surface area contributed by atoms with E-state index in [4.69, 9.17) is 5.84 Å². The molecule has 4 N–H and O–H groups in total. The van der Waals surface area contributed by atoms with Gasteiger partial charge in [0.2, 0.25) is 5.95 Å². The number of hydrogen-bond donors (Lipinski definition) is 3. The number of amides is 1. The lowest BCUT2D eigenvalue weighted by Crippen LogP contribution is -2.30. The van der Waals surface area contributed by atoms with Crippen molar-refractivity contribution in [3.05, 3.63) is 53.4 Å². The van der Waals surface area contributed by atoms with Gasteiger partial charge < -0.3 is 5.32 Å². The van der Waals surface area contributed by atoms with Crippen LogP contribution in [0.5, 0.6) is 0 Å². The van der Waals surface area contributed by atoms with Gasteiger partial charge in [-0.1, -0.05) is 13.8 Å². The monoisotopic (exact) mass is 335 g/mol. The number of hydrazine groups is 1. The van der Waals surface area contributed by atoms with Gasteiger partial charge >= 0.3 is 0 Å². The van der Waals surface area contributed by atoms with Gasteiger partial charge in [0.25, 0.3) is 5.91 Å². The number of benzene rings is 1. The summed E-state index contributed by atoms with van der Waals surface area (Å²) < 4.78 is 26.7. The van der Waals surface area contributed by atoms with Crippen LogP contribution in [0, 0.1) is 11.6 Å². The van der Waals surface area contributed by atoms with Crippen LogP contribution in [-0.4, -0.2) is 15.9 Å². The summed E-state index contributed by atoms with van der Waals surface area (Å²) in [7, 11) is 0. The van der Waals surface area contributed by atoms with Gasteiger partial charge in [-0.05, 0) is 30.5 Å². The summed E-state index contributed by atoms with van der Waals surface area (Å²) in [4.78, 5) is 19.3. The number of carbonyl (C=O) groups is 1. The largest absolute Gasteiger partial charge is 0.345 e. The molecule has 1 aromatic heterocycles. The fourth-order valence-electron chi connectivity index (χ4n) is 2.25. The number of rotatable bonds is 4. The summed E-state index contributed by atoms with van der Waals surface area (Å²) in [6.07, 6.45) is 4.06. The van der Waals surface area contributed by atoms with E-state index in [1.165, 1.54) is 24.5 Å². The minimum absolute atomic E-state index is 0.217. The van der Waals surface area contributed by atoms with Crippen LogP contribution in [0.4, 0.5) is 14.7 Å². The minimum atomic E-state index is -0.626. The maximum atomic E-state index is 13.4. The minimum Gasteiger partial charge on any atom is -0.345 e. The number of aromatic nitrogens is 2. The normalized spacial score (nSPS) is 14.2.